The van der Waals surface area contributed by atoms with E-state index in [1.807, 2.05) is 54.6 Å². The van der Waals surface area contributed by atoms with Gasteiger partial charge in [0.1, 0.15) is 17.6 Å². The van der Waals surface area contributed by atoms with Crippen molar-refractivity contribution in [2.45, 2.75) is 6.04 Å². The quantitative estimate of drug-likeness (QED) is 0.747. The molecule has 0 bridgehead atoms. The van der Waals surface area contributed by atoms with Gasteiger partial charge in [-0.1, -0.05) is 42.5 Å². The highest BCUT2D eigenvalue weighted by Crippen LogP contribution is 2.31. The second-order valence-electron chi connectivity index (χ2n) is 4.70. The molecule has 3 nitrogen and oxygen atoms in total. The molecule has 0 saturated carbocycles. The summed E-state index contributed by atoms with van der Waals surface area (Å²) in [5.74, 6) is 1.68. The number of rotatable bonds is 5. The van der Waals surface area contributed by atoms with Gasteiger partial charge in [0.25, 0.3) is 0 Å². The third-order valence-corrected chi connectivity index (χ3v) is 3.37. The molecule has 0 aliphatic heterocycles. The van der Waals surface area contributed by atoms with Gasteiger partial charge in [-0.25, -0.2) is 0 Å². The predicted molar refractivity (Wildman–Crippen MR) is 83.6 cm³/mol. The van der Waals surface area contributed by atoms with Gasteiger partial charge in [0.05, 0.1) is 19.1 Å². The monoisotopic (exact) mass is 279 g/mol. The molecule has 1 unspecified atom stereocenters. The van der Waals surface area contributed by atoms with Crippen molar-refractivity contribution in [2.75, 3.05) is 12.4 Å². The molecule has 3 aromatic rings. The summed E-state index contributed by atoms with van der Waals surface area (Å²) >= 11 is 0. The molecule has 0 spiro atoms. The minimum absolute atomic E-state index is 0.0579. The zero-order valence-electron chi connectivity index (χ0n) is 11.8. The number of hydrogen-bond acceptors (Lipinski definition) is 3. The number of methoxy groups -OCH3 is 1. The van der Waals surface area contributed by atoms with Crippen molar-refractivity contribution in [3.63, 3.8) is 0 Å². The number of nitrogens with one attached hydrogen (secondary N) is 1. The Kier molecular flexibility index (Phi) is 3.92. The summed E-state index contributed by atoms with van der Waals surface area (Å²) in [5.41, 5.74) is 2.07. The molecular formula is C18H17NO2. The van der Waals surface area contributed by atoms with Crippen LogP contribution >= 0.6 is 0 Å². The molecule has 2 aromatic carbocycles. The maximum atomic E-state index is 5.59. The first-order valence-corrected chi connectivity index (χ1v) is 6.86. The fourth-order valence-electron chi connectivity index (χ4n) is 2.34. The Balaban J connectivity index is 1.97. The first-order valence-electron chi connectivity index (χ1n) is 6.86. The summed E-state index contributed by atoms with van der Waals surface area (Å²) in [6.45, 7) is 0. The van der Waals surface area contributed by atoms with Crippen LogP contribution in [0.3, 0.4) is 0 Å². The lowest BCUT2D eigenvalue weighted by Gasteiger charge is -2.20. The highest BCUT2D eigenvalue weighted by molar-refractivity contribution is 5.58. The van der Waals surface area contributed by atoms with Crippen LogP contribution in [-0.2, 0) is 0 Å². The molecule has 21 heavy (non-hydrogen) atoms. The summed E-state index contributed by atoms with van der Waals surface area (Å²) in [7, 11) is 1.67. The lowest BCUT2D eigenvalue weighted by molar-refractivity contribution is 0.415. The molecule has 0 fully saturated rings. The van der Waals surface area contributed by atoms with Gasteiger partial charge in [-0.2, -0.15) is 0 Å². The van der Waals surface area contributed by atoms with E-state index < -0.39 is 0 Å². The van der Waals surface area contributed by atoms with Crippen LogP contribution in [0.1, 0.15) is 17.4 Å². The number of anilines is 1. The summed E-state index contributed by atoms with van der Waals surface area (Å²) in [6.07, 6.45) is 1.69. The Hall–Kier alpha value is -2.68. The van der Waals surface area contributed by atoms with Crippen LogP contribution in [0.4, 0.5) is 5.69 Å². The Bertz CT molecular complexity index is 677. The minimum atomic E-state index is -0.0579. The van der Waals surface area contributed by atoms with Gasteiger partial charge in [0.15, 0.2) is 0 Å². The molecule has 0 saturated heterocycles. The standard InChI is InChI=1S/C18H17NO2/c1-20-16-11-6-5-10-15(16)19-18(17-12-7-13-21-17)14-8-3-2-4-9-14/h2-13,18-19H,1H3. The van der Waals surface area contributed by atoms with E-state index in [9.17, 15) is 0 Å². The minimum Gasteiger partial charge on any atom is -0.495 e. The van der Waals surface area contributed by atoms with Crippen molar-refractivity contribution in [1.82, 2.24) is 0 Å². The van der Waals surface area contributed by atoms with E-state index >= 15 is 0 Å². The van der Waals surface area contributed by atoms with Crippen molar-refractivity contribution < 1.29 is 9.15 Å². The Morgan fingerprint density at radius 1 is 0.905 bits per heavy atom. The first kappa shape index (κ1) is 13.3. The van der Waals surface area contributed by atoms with Crippen LogP contribution in [0.15, 0.2) is 77.4 Å². The molecule has 0 aliphatic carbocycles. The average molecular weight is 279 g/mol. The van der Waals surface area contributed by atoms with E-state index in [4.69, 9.17) is 9.15 Å². The van der Waals surface area contributed by atoms with Crippen molar-refractivity contribution in [2.24, 2.45) is 0 Å². The third-order valence-electron chi connectivity index (χ3n) is 3.37. The second-order valence-corrected chi connectivity index (χ2v) is 4.70. The van der Waals surface area contributed by atoms with Crippen LogP contribution in [0.25, 0.3) is 0 Å². The summed E-state index contributed by atoms with van der Waals surface area (Å²) in [5, 5.41) is 3.50. The maximum absolute atomic E-state index is 5.59. The summed E-state index contributed by atoms with van der Waals surface area (Å²) in [4.78, 5) is 0. The normalized spacial score (nSPS) is 11.9. The molecule has 0 amide bonds. The predicted octanol–water partition coefficient (Wildman–Crippen LogP) is 4.49. The average Bonchev–Trinajstić information content (AvgIpc) is 3.08. The number of ether oxygens (including phenoxy) is 1. The topological polar surface area (TPSA) is 34.4 Å². The number of para-hydroxylation sites is 2. The SMILES string of the molecule is COc1ccccc1NC(c1ccccc1)c1ccco1. The molecule has 1 aromatic heterocycles. The molecule has 1 N–H and O–H groups in total. The second kappa shape index (κ2) is 6.18. The van der Waals surface area contributed by atoms with Crippen LogP contribution in [-0.4, -0.2) is 7.11 Å². The van der Waals surface area contributed by atoms with Crippen molar-refractivity contribution in [1.29, 1.82) is 0 Å². The third kappa shape index (κ3) is 2.92. The number of furan rings is 1. The van der Waals surface area contributed by atoms with Gasteiger partial charge in [-0.15, -0.1) is 0 Å². The molecule has 3 rings (SSSR count). The van der Waals surface area contributed by atoms with E-state index in [2.05, 4.69) is 17.4 Å². The molecule has 3 heteroatoms. The van der Waals surface area contributed by atoms with Crippen LogP contribution in [0.2, 0.25) is 0 Å². The largest absolute Gasteiger partial charge is 0.495 e. The van der Waals surface area contributed by atoms with E-state index in [0.29, 0.717) is 0 Å². The summed E-state index contributed by atoms with van der Waals surface area (Å²) in [6, 6.07) is 21.9. The molecule has 0 radical (unpaired) electrons. The zero-order valence-corrected chi connectivity index (χ0v) is 11.8. The molecule has 0 aliphatic rings. The molecule has 1 heterocycles. The van der Waals surface area contributed by atoms with E-state index in [1.165, 1.54) is 0 Å². The zero-order chi connectivity index (χ0) is 14.5. The van der Waals surface area contributed by atoms with E-state index in [-0.39, 0.29) is 6.04 Å². The van der Waals surface area contributed by atoms with Gasteiger partial charge < -0.3 is 14.5 Å². The molecular weight excluding hydrogens is 262 g/mol. The fourth-order valence-corrected chi connectivity index (χ4v) is 2.34. The lowest BCUT2D eigenvalue weighted by atomic mass is 10.0. The lowest BCUT2D eigenvalue weighted by Crippen LogP contribution is -2.12. The fraction of sp³-hybridized carbons (Fsp3) is 0.111. The Labute approximate surface area is 124 Å². The van der Waals surface area contributed by atoms with Crippen molar-refractivity contribution in [3.05, 3.63) is 84.3 Å². The number of hydrogen-bond donors (Lipinski definition) is 1. The molecule has 1 atom stereocenters. The highest BCUT2D eigenvalue weighted by Gasteiger charge is 2.17. The van der Waals surface area contributed by atoms with Gasteiger partial charge in [0, 0.05) is 0 Å². The first-order chi connectivity index (χ1) is 10.4. The van der Waals surface area contributed by atoms with Crippen LogP contribution in [0, 0.1) is 0 Å². The van der Waals surface area contributed by atoms with E-state index in [0.717, 1.165) is 22.8 Å². The van der Waals surface area contributed by atoms with Gasteiger partial charge in [0.2, 0.25) is 0 Å². The summed E-state index contributed by atoms with van der Waals surface area (Å²) < 4.78 is 11.0. The number of benzene rings is 2. The highest BCUT2D eigenvalue weighted by atomic mass is 16.5. The Morgan fingerprint density at radius 3 is 2.38 bits per heavy atom. The maximum Gasteiger partial charge on any atom is 0.141 e. The van der Waals surface area contributed by atoms with Crippen LogP contribution in [0.5, 0.6) is 5.75 Å². The van der Waals surface area contributed by atoms with Crippen molar-refractivity contribution in [3.8, 4) is 5.75 Å². The smallest absolute Gasteiger partial charge is 0.141 e. The molecule has 106 valence electrons. The van der Waals surface area contributed by atoms with Crippen molar-refractivity contribution >= 4 is 5.69 Å². The van der Waals surface area contributed by atoms with Gasteiger partial charge in [-0.05, 0) is 29.8 Å². The van der Waals surface area contributed by atoms with Crippen LogP contribution < -0.4 is 10.1 Å². The Morgan fingerprint density at radius 2 is 1.67 bits per heavy atom. The van der Waals surface area contributed by atoms with E-state index in [1.54, 1.807) is 13.4 Å². The van der Waals surface area contributed by atoms with Gasteiger partial charge >= 0.3 is 0 Å². The van der Waals surface area contributed by atoms with Gasteiger partial charge in [-0.3, -0.25) is 0 Å².